The molecule has 1 heterocycles. The lowest BCUT2D eigenvalue weighted by Gasteiger charge is -2.09. The predicted molar refractivity (Wildman–Crippen MR) is 109 cm³/mol. The molecular weight excluding hydrogens is 400 g/mol. The number of rotatable bonds is 8. The van der Waals surface area contributed by atoms with Crippen LogP contribution in [-0.2, 0) is 14.6 Å². The van der Waals surface area contributed by atoms with Crippen LogP contribution in [0, 0.1) is 0 Å². The van der Waals surface area contributed by atoms with Gasteiger partial charge in [-0.15, -0.1) is 0 Å². The van der Waals surface area contributed by atoms with E-state index in [1.807, 2.05) is 24.3 Å². The molecule has 0 bridgehead atoms. The second-order valence-electron chi connectivity index (χ2n) is 6.07. The minimum atomic E-state index is -3.28. The van der Waals surface area contributed by atoms with Crippen LogP contribution >= 0.6 is 11.3 Å². The smallest absolute Gasteiger partial charge is 0.226 e. The minimum absolute atomic E-state index is 0.175. The fraction of sp³-hybridized carbons (Fsp3) is 0.263. The van der Waals surface area contributed by atoms with E-state index in [-0.39, 0.29) is 17.2 Å². The first kappa shape index (κ1) is 20.1. The summed E-state index contributed by atoms with van der Waals surface area (Å²) in [7, 11) is -1.71. The minimum Gasteiger partial charge on any atom is -0.493 e. The third kappa shape index (κ3) is 4.99. The molecule has 7 nitrogen and oxygen atoms in total. The van der Waals surface area contributed by atoms with Gasteiger partial charge in [0.05, 0.1) is 28.8 Å². The van der Waals surface area contributed by atoms with Gasteiger partial charge >= 0.3 is 0 Å². The fourth-order valence-corrected chi connectivity index (χ4v) is 4.17. The molecule has 1 N–H and O–H groups in total. The molecule has 3 aromatic rings. The number of sulfone groups is 1. The van der Waals surface area contributed by atoms with Gasteiger partial charge in [0.25, 0.3) is 0 Å². The van der Waals surface area contributed by atoms with Crippen LogP contribution in [0.5, 0.6) is 11.5 Å². The van der Waals surface area contributed by atoms with Crippen molar-refractivity contribution in [1.29, 1.82) is 0 Å². The van der Waals surface area contributed by atoms with Gasteiger partial charge < -0.3 is 14.8 Å². The molecule has 0 saturated heterocycles. The molecule has 0 aliphatic rings. The summed E-state index contributed by atoms with van der Waals surface area (Å²) in [5, 5.41) is 3.19. The van der Waals surface area contributed by atoms with E-state index in [4.69, 9.17) is 9.47 Å². The number of anilines is 1. The second-order valence-corrected chi connectivity index (χ2v) is 9.12. The molecule has 28 heavy (non-hydrogen) atoms. The van der Waals surface area contributed by atoms with Crippen LogP contribution in [0.4, 0.5) is 5.13 Å². The van der Waals surface area contributed by atoms with Crippen molar-refractivity contribution < 1.29 is 22.7 Å². The maximum atomic E-state index is 12.1. The average Bonchev–Trinajstić information content (AvgIpc) is 3.06. The number of carbonyl (C=O) groups is 1. The van der Waals surface area contributed by atoms with Gasteiger partial charge in [-0.1, -0.05) is 23.5 Å². The van der Waals surface area contributed by atoms with Crippen LogP contribution in [-0.4, -0.2) is 39.3 Å². The first-order valence-electron chi connectivity index (χ1n) is 8.53. The Balaban J connectivity index is 1.53. The number of nitrogens with one attached hydrogen (secondary N) is 1. The van der Waals surface area contributed by atoms with Gasteiger partial charge in [-0.3, -0.25) is 4.79 Å². The topological polar surface area (TPSA) is 94.6 Å². The van der Waals surface area contributed by atoms with Crippen LogP contribution < -0.4 is 14.8 Å². The molecule has 0 radical (unpaired) electrons. The molecule has 0 saturated carbocycles. The first-order valence-corrected chi connectivity index (χ1v) is 11.2. The molecule has 148 valence electrons. The fourth-order valence-electron chi connectivity index (χ4n) is 2.52. The highest BCUT2D eigenvalue weighted by Gasteiger charge is 2.12. The molecule has 1 amide bonds. The monoisotopic (exact) mass is 420 g/mol. The van der Waals surface area contributed by atoms with Crippen LogP contribution in [0.3, 0.4) is 0 Å². The zero-order chi connectivity index (χ0) is 20.1. The van der Waals surface area contributed by atoms with Crippen molar-refractivity contribution in [2.45, 2.75) is 17.7 Å². The van der Waals surface area contributed by atoms with Crippen LogP contribution in [0.15, 0.2) is 47.4 Å². The van der Waals surface area contributed by atoms with E-state index >= 15 is 0 Å². The molecule has 0 spiro atoms. The quantitative estimate of drug-likeness (QED) is 0.561. The summed E-state index contributed by atoms with van der Waals surface area (Å²) in [6, 6.07) is 12.0. The average molecular weight is 421 g/mol. The summed E-state index contributed by atoms with van der Waals surface area (Å²) < 4.78 is 34.9. The van der Waals surface area contributed by atoms with Crippen LogP contribution in [0.2, 0.25) is 0 Å². The SMILES string of the molecule is COc1ccccc1OCCCC(=O)Nc1nc2ccc(S(C)(=O)=O)cc2s1. The van der Waals surface area contributed by atoms with Crippen LogP contribution in [0.25, 0.3) is 10.2 Å². The van der Waals surface area contributed by atoms with E-state index in [1.54, 1.807) is 19.2 Å². The Morgan fingerprint density at radius 3 is 2.64 bits per heavy atom. The number of hydrogen-bond acceptors (Lipinski definition) is 7. The van der Waals surface area contributed by atoms with E-state index in [0.29, 0.717) is 39.9 Å². The highest BCUT2D eigenvalue weighted by atomic mass is 32.2. The van der Waals surface area contributed by atoms with E-state index in [0.717, 1.165) is 6.26 Å². The Morgan fingerprint density at radius 1 is 1.18 bits per heavy atom. The van der Waals surface area contributed by atoms with Gasteiger partial charge in [0, 0.05) is 12.7 Å². The summed E-state index contributed by atoms with van der Waals surface area (Å²) in [5.41, 5.74) is 0.646. The van der Waals surface area contributed by atoms with Gasteiger partial charge in [-0.05, 0) is 36.8 Å². The summed E-state index contributed by atoms with van der Waals surface area (Å²) in [6.45, 7) is 0.380. The largest absolute Gasteiger partial charge is 0.493 e. The second kappa shape index (κ2) is 8.57. The maximum Gasteiger partial charge on any atom is 0.226 e. The number of methoxy groups -OCH3 is 1. The summed E-state index contributed by atoms with van der Waals surface area (Å²) in [4.78, 5) is 16.7. The molecule has 2 aromatic carbocycles. The Labute approximate surface area is 167 Å². The lowest BCUT2D eigenvalue weighted by molar-refractivity contribution is -0.116. The van der Waals surface area contributed by atoms with Crippen molar-refractivity contribution in [3.05, 3.63) is 42.5 Å². The number of benzene rings is 2. The standard InChI is InChI=1S/C19H20N2O5S2/c1-25-15-6-3-4-7-16(15)26-11-5-8-18(22)21-19-20-14-10-9-13(28(2,23)24)12-17(14)27-19/h3-4,6-7,9-10,12H,5,8,11H2,1-2H3,(H,20,21,22). The number of para-hydroxylation sites is 2. The number of ether oxygens (including phenoxy) is 2. The summed E-state index contributed by atoms with van der Waals surface area (Å²) in [6.07, 6.45) is 1.97. The van der Waals surface area contributed by atoms with Gasteiger partial charge in [-0.2, -0.15) is 0 Å². The van der Waals surface area contributed by atoms with E-state index in [2.05, 4.69) is 10.3 Å². The molecule has 0 aliphatic heterocycles. The number of fused-ring (bicyclic) bond motifs is 1. The van der Waals surface area contributed by atoms with Crippen molar-refractivity contribution in [2.24, 2.45) is 0 Å². The van der Waals surface area contributed by atoms with Gasteiger partial charge in [0.1, 0.15) is 0 Å². The molecule has 3 rings (SSSR count). The van der Waals surface area contributed by atoms with E-state index in [9.17, 15) is 13.2 Å². The molecule has 0 fully saturated rings. The summed E-state index contributed by atoms with van der Waals surface area (Å²) >= 11 is 1.24. The number of amides is 1. The van der Waals surface area contributed by atoms with E-state index < -0.39 is 9.84 Å². The van der Waals surface area contributed by atoms with Crippen molar-refractivity contribution in [3.63, 3.8) is 0 Å². The Kier molecular flexibility index (Phi) is 6.15. The molecule has 0 unspecified atom stereocenters. The zero-order valence-electron chi connectivity index (χ0n) is 15.5. The third-order valence-corrected chi connectivity index (χ3v) is 5.95. The molecule has 1 aromatic heterocycles. The highest BCUT2D eigenvalue weighted by molar-refractivity contribution is 7.90. The van der Waals surface area contributed by atoms with Gasteiger partial charge in [-0.25, -0.2) is 13.4 Å². The predicted octanol–water partition coefficient (Wildman–Crippen LogP) is 3.51. The Morgan fingerprint density at radius 2 is 1.93 bits per heavy atom. The highest BCUT2D eigenvalue weighted by Crippen LogP contribution is 2.28. The number of nitrogens with zero attached hydrogens (tertiary/aromatic N) is 1. The molecule has 9 heteroatoms. The number of carbonyl (C=O) groups excluding carboxylic acids is 1. The Hall–Kier alpha value is -2.65. The lowest BCUT2D eigenvalue weighted by atomic mass is 10.3. The zero-order valence-corrected chi connectivity index (χ0v) is 17.1. The molecule has 0 aliphatic carbocycles. The van der Waals surface area contributed by atoms with Crippen molar-refractivity contribution in [3.8, 4) is 11.5 Å². The normalized spacial score (nSPS) is 11.4. The lowest BCUT2D eigenvalue weighted by Crippen LogP contribution is -2.12. The molecule has 0 atom stereocenters. The Bertz CT molecular complexity index is 1090. The number of thiazole rings is 1. The van der Waals surface area contributed by atoms with Gasteiger partial charge in [0.2, 0.25) is 5.91 Å². The molecular formula is C19H20N2O5S2. The number of hydrogen-bond donors (Lipinski definition) is 1. The van der Waals surface area contributed by atoms with Crippen molar-refractivity contribution in [2.75, 3.05) is 25.3 Å². The van der Waals surface area contributed by atoms with Gasteiger partial charge in [0.15, 0.2) is 26.5 Å². The van der Waals surface area contributed by atoms with Crippen molar-refractivity contribution in [1.82, 2.24) is 4.98 Å². The van der Waals surface area contributed by atoms with E-state index in [1.165, 1.54) is 17.4 Å². The maximum absolute atomic E-state index is 12.1. The summed E-state index contributed by atoms with van der Waals surface area (Å²) in [5.74, 6) is 1.11. The van der Waals surface area contributed by atoms with Crippen LogP contribution in [0.1, 0.15) is 12.8 Å². The van der Waals surface area contributed by atoms with Crippen molar-refractivity contribution >= 4 is 42.4 Å². The number of aromatic nitrogens is 1. The third-order valence-electron chi connectivity index (χ3n) is 3.91. The first-order chi connectivity index (χ1) is 13.4.